The van der Waals surface area contributed by atoms with E-state index in [2.05, 4.69) is 28.5 Å². The minimum Gasteiger partial charge on any atom is -0.390 e. The van der Waals surface area contributed by atoms with Gasteiger partial charge in [0.05, 0.1) is 18.3 Å². The third-order valence-electron chi connectivity index (χ3n) is 5.65. The van der Waals surface area contributed by atoms with E-state index in [0.717, 1.165) is 45.3 Å². The molecule has 3 fully saturated rings. The van der Waals surface area contributed by atoms with Gasteiger partial charge in [-0.15, -0.1) is 0 Å². The monoisotopic (exact) mass is 325 g/mol. The van der Waals surface area contributed by atoms with Gasteiger partial charge in [-0.2, -0.15) is 0 Å². The highest BCUT2D eigenvalue weighted by Gasteiger charge is 2.28. The molecule has 3 atom stereocenters. The molecule has 134 valence electrons. The van der Waals surface area contributed by atoms with Crippen LogP contribution in [0.3, 0.4) is 0 Å². The minimum atomic E-state index is -0.240. The molecule has 3 heterocycles. The number of β-amino-alcohol motifs (C(OH)–C–C–N with tert-alkyl or cyclic N) is 1. The lowest BCUT2D eigenvalue weighted by Gasteiger charge is -2.39. The highest BCUT2D eigenvalue weighted by molar-refractivity contribution is 4.84. The Morgan fingerprint density at radius 1 is 0.913 bits per heavy atom. The van der Waals surface area contributed by atoms with Gasteiger partial charge in [0.15, 0.2) is 0 Å². The number of hydrogen-bond donors (Lipinski definition) is 1. The summed E-state index contributed by atoms with van der Waals surface area (Å²) in [5.41, 5.74) is 0. The second-order valence-electron chi connectivity index (χ2n) is 7.90. The predicted octanol–water partition coefficient (Wildman–Crippen LogP) is 1.02. The minimum absolute atomic E-state index is 0.240. The first-order valence-corrected chi connectivity index (χ1v) is 9.62. The lowest BCUT2D eigenvalue weighted by atomic mass is 10.0. The molecule has 3 unspecified atom stereocenters. The molecule has 0 saturated carbocycles. The molecule has 0 bridgehead atoms. The van der Waals surface area contributed by atoms with Crippen LogP contribution in [0.4, 0.5) is 0 Å². The summed E-state index contributed by atoms with van der Waals surface area (Å²) in [6.45, 7) is 12.6. The molecule has 0 aromatic heterocycles. The molecule has 0 aromatic carbocycles. The molecular weight excluding hydrogens is 290 g/mol. The number of ether oxygens (including phenoxy) is 1. The summed E-state index contributed by atoms with van der Waals surface area (Å²) in [4.78, 5) is 7.51. The molecule has 0 radical (unpaired) electrons. The molecule has 5 heteroatoms. The van der Waals surface area contributed by atoms with Gasteiger partial charge in [0, 0.05) is 32.2 Å². The Morgan fingerprint density at radius 3 is 2.09 bits per heavy atom. The summed E-state index contributed by atoms with van der Waals surface area (Å²) in [6, 6.07) is 0.798. The molecule has 0 amide bonds. The molecule has 5 nitrogen and oxygen atoms in total. The van der Waals surface area contributed by atoms with Gasteiger partial charge in [-0.1, -0.05) is 0 Å². The maximum atomic E-state index is 10.5. The summed E-state index contributed by atoms with van der Waals surface area (Å²) in [7, 11) is 0. The number of likely N-dealkylation sites (tertiary alicyclic amines) is 2. The van der Waals surface area contributed by atoms with Gasteiger partial charge >= 0.3 is 0 Å². The Balaban J connectivity index is 1.36. The number of morpholine rings is 1. The average molecular weight is 325 g/mol. The predicted molar refractivity (Wildman–Crippen MR) is 92.7 cm³/mol. The first kappa shape index (κ1) is 17.6. The molecule has 23 heavy (non-hydrogen) atoms. The first-order valence-electron chi connectivity index (χ1n) is 9.62. The highest BCUT2D eigenvalue weighted by Crippen LogP contribution is 2.21. The molecule has 0 spiro atoms. The zero-order chi connectivity index (χ0) is 16.2. The smallest absolute Gasteiger partial charge is 0.0793 e. The SMILES string of the molecule is CC1CN(CC(O)CN2CCC(N3CCCC3)CC2)CC(C)O1. The largest absolute Gasteiger partial charge is 0.390 e. The lowest BCUT2D eigenvalue weighted by Crippen LogP contribution is -2.51. The van der Waals surface area contributed by atoms with Crippen molar-refractivity contribution in [2.45, 2.75) is 63.9 Å². The van der Waals surface area contributed by atoms with E-state index >= 15 is 0 Å². The fraction of sp³-hybridized carbons (Fsp3) is 1.00. The van der Waals surface area contributed by atoms with E-state index < -0.39 is 0 Å². The molecular formula is C18H35N3O2. The van der Waals surface area contributed by atoms with E-state index in [1.165, 1.54) is 38.8 Å². The van der Waals surface area contributed by atoms with E-state index in [1.807, 2.05) is 0 Å². The van der Waals surface area contributed by atoms with Gasteiger partial charge in [-0.05, 0) is 65.7 Å². The second-order valence-corrected chi connectivity index (χ2v) is 7.90. The molecule has 3 aliphatic heterocycles. The molecule has 3 rings (SSSR count). The number of nitrogens with zero attached hydrogens (tertiary/aromatic N) is 3. The molecule has 3 saturated heterocycles. The van der Waals surface area contributed by atoms with E-state index in [9.17, 15) is 5.11 Å². The van der Waals surface area contributed by atoms with Gasteiger partial charge in [0.25, 0.3) is 0 Å². The van der Waals surface area contributed by atoms with Gasteiger partial charge < -0.3 is 19.6 Å². The van der Waals surface area contributed by atoms with Crippen LogP contribution in [0, 0.1) is 0 Å². The van der Waals surface area contributed by atoms with Crippen molar-refractivity contribution >= 4 is 0 Å². The number of hydrogen-bond acceptors (Lipinski definition) is 5. The van der Waals surface area contributed by atoms with Crippen molar-refractivity contribution in [1.82, 2.24) is 14.7 Å². The third-order valence-corrected chi connectivity index (χ3v) is 5.65. The first-order chi connectivity index (χ1) is 11.1. The van der Waals surface area contributed by atoms with Crippen molar-refractivity contribution in [1.29, 1.82) is 0 Å². The fourth-order valence-electron chi connectivity index (χ4n) is 4.66. The Hall–Kier alpha value is -0.200. The fourth-order valence-corrected chi connectivity index (χ4v) is 4.66. The highest BCUT2D eigenvalue weighted by atomic mass is 16.5. The summed E-state index contributed by atoms with van der Waals surface area (Å²) in [6.07, 6.45) is 5.64. The van der Waals surface area contributed by atoms with Gasteiger partial charge in [-0.3, -0.25) is 4.90 Å². The van der Waals surface area contributed by atoms with Crippen molar-refractivity contribution in [2.24, 2.45) is 0 Å². The van der Waals surface area contributed by atoms with Crippen LogP contribution in [0.15, 0.2) is 0 Å². The molecule has 0 aliphatic carbocycles. The van der Waals surface area contributed by atoms with Crippen LogP contribution in [0.1, 0.15) is 39.5 Å². The van der Waals surface area contributed by atoms with E-state index in [1.54, 1.807) is 0 Å². The van der Waals surface area contributed by atoms with E-state index in [4.69, 9.17) is 4.74 Å². The van der Waals surface area contributed by atoms with Crippen molar-refractivity contribution in [2.75, 3.05) is 52.4 Å². The lowest BCUT2D eigenvalue weighted by molar-refractivity contribution is -0.0784. The normalized spacial score (nSPS) is 34.0. The van der Waals surface area contributed by atoms with E-state index in [0.29, 0.717) is 0 Å². The Labute approximate surface area is 141 Å². The Morgan fingerprint density at radius 2 is 1.48 bits per heavy atom. The standard InChI is InChI=1S/C18H35N3O2/c1-15-11-20(12-16(2)23-15)14-18(22)13-19-9-5-17(6-10-19)21-7-3-4-8-21/h15-18,22H,3-14H2,1-2H3. The topological polar surface area (TPSA) is 39.2 Å². The number of rotatable bonds is 5. The van der Waals surface area contributed by atoms with Crippen LogP contribution in [-0.2, 0) is 4.74 Å². The van der Waals surface area contributed by atoms with Crippen LogP contribution in [0.5, 0.6) is 0 Å². The second kappa shape index (κ2) is 8.26. The molecule has 1 N–H and O–H groups in total. The quantitative estimate of drug-likeness (QED) is 0.817. The van der Waals surface area contributed by atoms with Crippen LogP contribution in [-0.4, -0.2) is 96.5 Å². The number of aliphatic hydroxyl groups is 1. The maximum absolute atomic E-state index is 10.5. The van der Waals surface area contributed by atoms with Gasteiger partial charge in [0.1, 0.15) is 0 Å². The van der Waals surface area contributed by atoms with Crippen LogP contribution in [0.25, 0.3) is 0 Å². The summed E-state index contributed by atoms with van der Waals surface area (Å²) < 4.78 is 5.77. The van der Waals surface area contributed by atoms with Crippen LogP contribution in [0.2, 0.25) is 0 Å². The Bertz CT molecular complexity index is 344. The van der Waals surface area contributed by atoms with Crippen molar-refractivity contribution in [3.05, 3.63) is 0 Å². The van der Waals surface area contributed by atoms with Crippen molar-refractivity contribution in [3.63, 3.8) is 0 Å². The third kappa shape index (κ3) is 5.13. The molecule has 0 aromatic rings. The summed E-state index contributed by atoms with van der Waals surface area (Å²) in [5.74, 6) is 0. The zero-order valence-corrected chi connectivity index (χ0v) is 15.0. The van der Waals surface area contributed by atoms with Crippen molar-refractivity contribution < 1.29 is 9.84 Å². The van der Waals surface area contributed by atoms with Gasteiger partial charge in [0.2, 0.25) is 0 Å². The summed E-state index contributed by atoms with van der Waals surface area (Å²) >= 11 is 0. The average Bonchev–Trinajstić information content (AvgIpc) is 3.01. The van der Waals surface area contributed by atoms with Crippen molar-refractivity contribution in [3.8, 4) is 0 Å². The maximum Gasteiger partial charge on any atom is 0.0793 e. The number of piperidine rings is 1. The number of aliphatic hydroxyl groups excluding tert-OH is 1. The zero-order valence-electron chi connectivity index (χ0n) is 15.0. The Kier molecular flexibility index (Phi) is 6.32. The molecule has 3 aliphatic rings. The summed E-state index contributed by atoms with van der Waals surface area (Å²) in [5, 5.41) is 10.5. The van der Waals surface area contributed by atoms with Crippen LogP contribution < -0.4 is 0 Å². The van der Waals surface area contributed by atoms with E-state index in [-0.39, 0.29) is 18.3 Å². The van der Waals surface area contributed by atoms with Gasteiger partial charge in [-0.25, -0.2) is 0 Å². The van der Waals surface area contributed by atoms with Crippen LogP contribution >= 0.6 is 0 Å².